The summed E-state index contributed by atoms with van der Waals surface area (Å²) < 4.78 is 0. The van der Waals surface area contributed by atoms with E-state index in [4.69, 9.17) is 5.11 Å². The van der Waals surface area contributed by atoms with Crippen LogP contribution in [0.1, 0.15) is 39.0 Å². The molecule has 3 nitrogen and oxygen atoms in total. The summed E-state index contributed by atoms with van der Waals surface area (Å²) in [6, 6.07) is 1.34. The monoisotopic (exact) mass is 209 g/mol. The fourth-order valence-corrected chi connectivity index (χ4v) is 3.00. The van der Waals surface area contributed by atoms with E-state index in [0.29, 0.717) is 12.1 Å². The quantitative estimate of drug-likeness (QED) is 0.775. The van der Waals surface area contributed by atoms with E-state index in [1.54, 1.807) is 6.08 Å². The lowest BCUT2D eigenvalue weighted by atomic mass is 9.93. The lowest BCUT2D eigenvalue weighted by molar-refractivity contribution is -0.136. The minimum Gasteiger partial charge on any atom is -0.481 e. The minimum atomic E-state index is -0.746. The molecule has 2 aliphatic heterocycles. The molecule has 2 heterocycles. The molecule has 15 heavy (non-hydrogen) atoms. The van der Waals surface area contributed by atoms with Crippen LogP contribution >= 0.6 is 0 Å². The van der Waals surface area contributed by atoms with Crippen LogP contribution < -0.4 is 0 Å². The second-order valence-electron chi connectivity index (χ2n) is 4.89. The van der Waals surface area contributed by atoms with Gasteiger partial charge in [-0.2, -0.15) is 0 Å². The summed E-state index contributed by atoms with van der Waals surface area (Å²) >= 11 is 0. The molecule has 2 atom stereocenters. The number of carbonyl (C=O) groups is 1. The van der Waals surface area contributed by atoms with Crippen molar-refractivity contribution in [1.82, 2.24) is 4.90 Å². The Bertz CT molecular complexity index is 261. The molecule has 2 rings (SSSR count). The summed E-state index contributed by atoms with van der Waals surface area (Å²) in [6.45, 7) is 2.32. The number of carboxylic acid groups (broad SMARTS) is 1. The predicted molar refractivity (Wildman–Crippen MR) is 58.4 cm³/mol. The largest absolute Gasteiger partial charge is 0.481 e. The molecule has 0 aromatic rings. The van der Waals surface area contributed by atoms with Gasteiger partial charge in [0.25, 0.3) is 0 Å². The van der Waals surface area contributed by atoms with Gasteiger partial charge in [-0.15, -0.1) is 0 Å². The van der Waals surface area contributed by atoms with Crippen molar-refractivity contribution in [3.05, 3.63) is 12.3 Å². The number of rotatable bonds is 3. The molecule has 0 aliphatic carbocycles. The van der Waals surface area contributed by atoms with Crippen LogP contribution in [0.2, 0.25) is 0 Å². The predicted octanol–water partition coefficient (Wildman–Crippen LogP) is 2.24. The topological polar surface area (TPSA) is 40.5 Å². The number of fused-ring (bicyclic) bond motifs is 2. The highest BCUT2D eigenvalue weighted by atomic mass is 16.4. The third-order valence-electron chi connectivity index (χ3n) is 3.60. The Morgan fingerprint density at radius 3 is 2.53 bits per heavy atom. The maximum atomic E-state index is 10.4. The highest BCUT2D eigenvalue weighted by Crippen LogP contribution is 2.38. The summed E-state index contributed by atoms with van der Waals surface area (Å²) in [5.41, 5.74) is 0. The summed E-state index contributed by atoms with van der Waals surface area (Å²) in [4.78, 5) is 12.8. The van der Waals surface area contributed by atoms with E-state index >= 15 is 0 Å². The number of nitrogens with zero attached hydrogens (tertiary/aromatic N) is 1. The first-order chi connectivity index (χ1) is 7.16. The summed E-state index contributed by atoms with van der Waals surface area (Å²) in [6.07, 6.45) is 9.05. The van der Waals surface area contributed by atoms with Crippen LogP contribution in [0.3, 0.4) is 0 Å². The fourth-order valence-electron chi connectivity index (χ4n) is 3.00. The van der Waals surface area contributed by atoms with E-state index in [2.05, 4.69) is 11.8 Å². The molecule has 2 saturated heterocycles. The average molecular weight is 209 g/mol. The van der Waals surface area contributed by atoms with Gasteiger partial charge in [-0.1, -0.05) is 13.0 Å². The zero-order chi connectivity index (χ0) is 10.8. The third-order valence-corrected chi connectivity index (χ3v) is 3.60. The molecular weight excluding hydrogens is 190 g/mol. The van der Waals surface area contributed by atoms with E-state index in [1.807, 2.05) is 6.20 Å². The number of hydrogen-bond donors (Lipinski definition) is 1. The molecule has 2 aliphatic rings. The van der Waals surface area contributed by atoms with E-state index in [9.17, 15) is 4.79 Å². The third kappa shape index (κ3) is 2.33. The van der Waals surface area contributed by atoms with Gasteiger partial charge < -0.3 is 10.0 Å². The highest BCUT2D eigenvalue weighted by Gasteiger charge is 2.37. The maximum absolute atomic E-state index is 10.4. The van der Waals surface area contributed by atoms with Crippen LogP contribution in [0.25, 0.3) is 0 Å². The van der Waals surface area contributed by atoms with Crippen molar-refractivity contribution in [1.29, 1.82) is 0 Å². The molecule has 0 aromatic heterocycles. The van der Waals surface area contributed by atoms with Crippen LogP contribution in [-0.2, 0) is 4.79 Å². The lowest BCUT2D eigenvalue weighted by Gasteiger charge is -2.37. The Balaban J connectivity index is 1.93. The van der Waals surface area contributed by atoms with Crippen molar-refractivity contribution >= 4 is 5.97 Å². The highest BCUT2D eigenvalue weighted by molar-refractivity contribution is 5.68. The van der Waals surface area contributed by atoms with Crippen molar-refractivity contribution in [2.45, 2.75) is 51.1 Å². The maximum Gasteiger partial charge on any atom is 0.307 e. The molecule has 3 heteroatoms. The first kappa shape index (κ1) is 10.5. The summed E-state index contributed by atoms with van der Waals surface area (Å²) in [7, 11) is 0. The van der Waals surface area contributed by atoms with Gasteiger partial charge in [-0.25, -0.2) is 0 Å². The number of carboxylic acids is 1. The van der Waals surface area contributed by atoms with Gasteiger partial charge in [-0.3, -0.25) is 4.79 Å². The van der Waals surface area contributed by atoms with Gasteiger partial charge in [0.1, 0.15) is 0 Å². The number of piperidine rings is 1. The molecule has 2 unspecified atom stereocenters. The lowest BCUT2D eigenvalue weighted by Crippen LogP contribution is -2.38. The molecular formula is C12H19NO2. The molecule has 1 N–H and O–H groups in total. The Labute approximate surface area is 90.8 Å². The first-order valence-electron chi connectivity index (χ1n) is 5.82. The number of aliphatic carboxylic acids is 1. The zero-order valence-corrected chi connectivity index (χ0v) is 9.22. The van der Waals surface area contributed by atoms with Gasteiger partial charge in [0.15, 0.2) is 0 Å². The van der Waals surface area contributed by atoms with E-state index in [-0.39, 0.29) is 6.42 Å². The minimum absolute atomic E-state index is 0.144. The molecule has 2 fully saturated rings. The molecule has 84 valence electrons. The number of hydrogen-bond acceptors (Lipinski definition) is 2. The van der Waals surface area contributed by atoms with Crippen molar-refractivity contribution in [2.24, 2.45) is 5.92 Å². The van der Waals surface area contributed by atoms with Crippen LogP contribution in [0, 0.1) is 5.92 Å². The van der Waals surface area contributed by atoms with E-state index in [0.717, 1.165) is 5.92 Å². The first-order valence-corrected chi connectivity index (χ1v) is 5.82. The van der Waals surface area contributed by atoms with Crippen LogP contribution in [0.15, 0.2) is 12.3 Å². The Hall–Kier alpha value is -0.990. The second-order valence-corrected chi connectivity index (χ2v) is 4.89. The molecule has 0 aromatic carbocycles. The van der Waals surface area contributed by atoms with Gasteiger partial charge in [-0.05, 0) is 37.8 Å². The standard InChI is InChI=1S/C12H19NO2/c1-9-7-10-4-5-11(8-9)13(10)6-2-3-12(14)15/h2,6,9-11H,3-5,7-8H2,1H3,(H,14,15)/b6-2+. The Morgan fingerprint density at radius 1 is 1.40 bits per heavy atom. The molecule has 0 radical (unpaired) electrons. The fraction of sp³-hybridized carbons (Fsp3) is 0.750. The van der Waals surface area contributed by atoms with Gasteiger partial charge in [0.05, 0.1) is 6.42 Å². The van der Waals surface area contributed by atoms with Crippen LogP contribution in [0.5, 0.6) is 0 Å². The van der Waals surface area contributed by atoms with Gasteiger partial charge in [0, 0.05) is 12.1 Å². The second kappa shape index (κ2) is 4.25. The molecule has 2 bridgehead atoms. The van der Waals surface area contributed by atoms with Crippen LogP contribution in [-0.4, -0.2) is 28.1 Å². The average Bonchev–Trinajstić information content (AvgIpc) is 2.42. The van der Waals surface area contributed by atoms with Crippen molar-refractivity contribution in [2.75, 3.05) is 0 Å². The van der Waals surface area contributed by atoms with Crippen molar-refractivity contribution in [3.8, 4) is 0 Å². The normalized spacial score (nSPS) is 35.0. The van der Waals surface area contributed by atoms with Gasteiger partial charge in [0.2, 0.25) is 0 Å². The molecule has 0 saturated carbocycles. The Morgan fingerprint density at radius 2 is 2.00 bits per heavy atom. The zero-order valence-electron chi connectivity index (χ0n) is 9.22. The van der Waals surface area contributed by atoms with Crippen molar-refractivity contribution in [3.63, 3.8) is 0 Å². The van der Waals surface area contributed by atoms with E-state index in [1.165, 1.54) is 25.7 Å². The summed E-state index contributed by atoms with van der Waals surface area (Å²) in [5.74, 6) is 0.0931. The van der Waals surface area contributed by atoms with Crippen molar-refractivity contribution < 1.29 is 9.90 Å². The summed E-state index contributed by atoms with van der Waals surface area (Å²) in [5, 5.41) is 8.56. The smallest absolute Gasteiger partial charge is 0.307 e. The molecule has 0 amide bonds. The Kier molecular flexibility index (Phi) is 2.98. The van der Waals surface area contributed by atoms with E-state index < -0.39 is 5.97 Å². The van der Waals surface area contributed by atoms with Crippen LogP contribution in [0.4, 0.5) is 0 Å². The van der Waals surface area contributed by atoms with Gasteiger partial charge >= 0.3 is 5.97 Å². The SMILES string of the molecule is CC1CC2CCC(C1)N2/C=C/CC(=O)O. The molecule has 0 spiro atoms.